The van der Waals surface area contributed by atoms with Gasteiger partial charge in [0.15, 0.2) is 5.11 Å². The molecule has 0 radical (unpaired) electrons. The molecule has 1 aliphatic carbocycles. The highest BCUT2D eigenvalue weighted by molar-refractivity contribution is 7.80. The number of hydrogen-bond acceptors (Lipinski definition) is 3. The molecule has 2 N–H and O–H groups in total. The number of carbonyl (C=O) groups is 1. The molecule has 2 rings (SSSR count). The smallest absolute Gasteiger partial charge is 0.245 e. The van der Waals surface area contributed by atoms with Crippen molar-refractivity contribution in [3.05, 3.63) is 35.9 Å². The maximum atomic E-state index is 13.3. The quantitative estimate of drug-likeness (QED) is 0.694. The van der Waals surface area contributed by atoms with Crippen molar-refractivity contribution in [1.82, 2.24) is 20.4 Å². The fourth-order valence-electron chi connectivity index (χ4n) is 4.04. The minimum Gasteiger partial charge on any atom is -0.358 e. The molecule has 1 unspecified atom stereocenters. The minimum absolute atomic E-state index is 0.0540. The lowest BCUT2D eigenvalue weighted by atomic mass is 9.85. The van der Waals surface area contributed by atoms with Crippen LogP contribution in [0.15, 0.2) is 30.3 Å². The van der Waals surface area contributed by atoms with E-state index >= 15 is 0 Å². The van der Waals surface area contributed by atoms with Crippen molar-refractivity contribution in [2.75, 3.05) is 21.1 Å². The summed E-state index contributed by atoms with van der Waals surface area (Å²) in [4.78, 5) is 17.3. The Kier molecular flexibility index (Phi) is 8.46. The molecule has 1 amide bonds. The molecule has 162 valence electrons. The molecule has 0 aliphatic heterocycles. The first-order valence-electron chi connectivity index (χ1n) is 10.6. The highest BCUT2D eigenvalue weighted by Crippen LogP contribution is 2.23. The molecule has 0 bridgehead atoms. The number of likely N-dealkylation sites (N-methyl/N-ethyl adjacent to an activating group) is 2. The first kappa shape index (κ1) is 23.6. The molecule has 5 nitrogen and oxygen atoms in total. The average Bonchev–Trinajstić information content (AvgIpc) is 2.65. The maximum absolute atomic E-state index is 13.3. The van der Waals surface area contributed by atoms with Gasteiger partial charge in [0.2, 0.25) is 5.91 Å². The number of thiocarbonyl (C=S) groups is 1. The lowest BCUT2D eigenvalue weighted by Crippen LogP contribution is -2.59. The Hall–Kier alpha value is -1.66. The molecule has 6 heteroatoms. The number of nitrogens with zero attached hydrogens (tertiary/aromatic N) is 2. The second-order valence-electron chi connectivity index (χ2n) is 9.52. The molecule has 0 aromatic heterocycles. The molecule has 0 heterocycles. The zero-order valence-corrected chi connectivity index (χ0v) is 19.7. The molecule has 1 aromatic rings. The molecular formula is C23H38N4OS. The predicted molar refractivity (Wildman–Crippen MR) is 125 cm³/mol. The van der Waals surface area contributed by atoms with E-state index in [2.05, 4.69) is 50.4 Å². The van der Waals surface area contributed by atoms with Crippen molar-refractivity contribution in [3.63, 3.8) is 0 Å². The molecule has 3 atom stereocenters. The van der Waals surface area contributed by atoms with Gasteiger partial charge in [0.05, 0.1) is 0 Å². The van der Waals surface area contributed by atoms with Crippen molar-refractivity contribution in [3.8, 4) is 0 Å². The molecule has 29 heavy (non-hydrogen) atoms. The maximum Gasteiger partial charge on any atom is 0.245 e. The number of amides is 1. The predicted octanol–water partition coefficient (Wildman–Crippen LogP) is 3.40. The minimum atomic E-state index is -0.391. The zero-order valence-electron chi connectivity index (χ0n) is 18.9. The normalized spacial score (nSPS) is 20.8. The van der Waals surface area contributed by atoms with Gasteiger partial charge in [0.1, 0.15) is 6.04 Å². The second-order valence-corrected chi connectivity index (χ2v) is 9.93. The van der Waals surface area contributed by atoms with E-state index in [9.17, 15) is 4.79 Å². The van der Waals surface area contributed by atoms with Gasteiger partial charge in [-0.15, -0.1) is 0 Å². The Balaban J connectivity index is 2.03. The largest absolute Gasteiger partial charge is 0.358 e. The lowest BCUT2D eigenvalue weighted by molar-refractivity contribution is -0.134. The van der Waals surface area contributed by atoms with E-state index in [0.717, 1.165) is 12.0 Å². The number of carbonyl (C=O) groups excluding carboxylic acids is 1. The summed E-state index contributed by atoms with van der Waals surface area (Å²) in [7, 11) is 6.11. The number of benzene rings is 1. The van der Waals surface area contributed by atoms with Crippen LogP contribution in [0.4, 0.5) is 0 Å². The third-order valence-corrected chi connectivity index (χ3v) is 5.97. The number of hydrogen-bond donors (Lipinski definition) is 2. The van der Waals surface area contributed by atoms with Crippen molar-refractivity contribution in [2.24, 2.45) is 5.41 Å². The van der Waals surface area contributed by atoms with Crippen LogP contribution < -0.4 is 10.6 Å². The Morgan fingerprint density at radius 2 is 1.76 bits per heavy atom. The SMILES string of the molecule is CN(Cc1ccccc1)C(=O)C(NC(=S)N[C@@H]1CCCC[C@H]1N(C)C)C(C)(C)C. The number of nitrogens with one attached hydrogen (secondary N) is 2. The monoisotopic (exact) mass is 418 g/mol. The summed E-state index contributed by atoms with van der Waals surface area (Å²) in [5.74, 6) is 0.0540. The Labute approximate surface area is 182 Å². The van der Waals surface area contributed by atoms with Crippen molar-refractivity contribution in [2.45, 2.75) is 71.1 Å². The van der Waals surface area contributed by atoms with Crippen molar-refractivity contribution < 1.29 is 4.79 Å². The van der Waals surface area contributed by atoms with Crippen LogP contribution in [0.3, 0.4) is 0 Å². The van der Waals surface area contributed by atoms with Gasteiger partial charge in [-0.25, -0.2) is 0 Å². The summed E-state index contributed by atoms with van der Waals surface area (Å²) in [6.45, 7) is 6.81. The summed E-state index contributed by atoms with van der Waals surface area (Å²) >= 11 is 5.64. The summed E-state index contributed by atoms with van der Waals surface area (Å²) in [5.41, 5.74) is 0.856. The van der Waals surface area contributed by atoms with Crippen molar-refractivity contribution >= 4 is 23.2 Å². The summed E-state index contributed by atoms with van der Waals surface area (Å²) < 4.78 is 0. The van der Waals surface area contributed by atoms with E-state index in [1.807, 2.05) is 37.4 Å². The van der Waals surface area contributed by atoms with E-state index in [-0.39, 0.29) is 11.3 Å². The zero-order chi connectivity index (χ0) is 21.6. The second kappa shape index (κ2) is 10.4. The van der Waals surface area contributed by atoms with Crippen LogP contribution in [-0.4, -0.2) is 60.1 Å². The molecule has 0 saturated heterocycles. The van der Waals surface area contributed by atoms with E-state index < -0.39 is 6.04 Å². The van der Waals surface area contributed by atoms with Crippen LogP contribution in [0.25, 0.3) is 0 Å². The van der Waals surface area contributed by atoms with E-state index in [0.29, 0.717) is 23.7 Å². The van der Waals surface area contributed by atoms with E-state index in [1.165, 1.54) is 19.3 Å². The highest BCUT2D eigenvalue weighted by Gasteiger charge is 2.35. The van der Waals surface area contributed by atoms with Crippen LogP contribution in [-0.2, 0) is 11.3 Å². The topological polar surface area (TPSA) is 47.6 Å². The van der Waals surface area contributed by atoms with Crippen LogP contribution in [0, 0.1) is 5.41 Å². The van der Waals surface area contributed by atoms with Crippen LogP contribution in [0.1, 0.15) is 52.0 Å². The van der Waals surface area contributed by atoms with E-state index in [1.54, 1.807) is 4.90 Å². The van der Waals surface area contributed by atoms with Gasteiger partial charge in [0.25, 0.3) is 0 Å². The van der Waals surface area contributed by atoms with E-state index in [4.69, 9.17) is 12.2 Å². The third-order valence-electron chi connectivity index (χ3n) is 5.74. The van der Waals surface area contributed by atoms with Gasteiger partial charge >= 0.3 is 0 Å². The fourth-order valence-corrected chi connectivity index (χ4v) is 4.31. The van der Waals surface area contributed by atoms with Crippen molar-refractivity contribution in [1.29, 1.82) is 0 Å². The summed E-state index contributed by atoms with van der Waals surface area (Å²) in [6, 6.07) is 10.5. The molecular weight excluding hydrogens is 380 g/mol. The van der Waals surface area contributed by atoms with Gasteiger partial charge in [-0.3, -0.25) is 4.79 Å². The first-order valence-corrected chi connectivity index (χ1v) is 11.0. The Morgan fingerprint density at radius 3 is 2.34 bits per heavy atom. The summed E-state index contributed by atoms with van der Waals surface area (Å²) in [6.07, 6.45) is 4.75. The van der Waals surface area contributed by atoms with Crippen LogP contribution >= 0.6 is 12.2 Å². The fraction of sp³-hybridized carbons (Fsp3) is 0.652. The molecule has 1 aromatic carbocycles. The number of rotatable bonds is 6. The van der Waals surface area contributed by atoms with Crippen LogP contribution in [0.5, 0.6) is 0 Å². The highest BCUT2D eigenvalue weighted by atomic mass is 32.1. The molecule has 1 saturated carbocycles. The lowest BCUT2D eigenvalue weighted by Gasteiger charge is -2.39. The standard InChI is InChI=1S/C23H38N4OS/c1-23(2,3)20(21(28)27(6)16-17-12-8-7-9-13-17)25-22(29)24-18-14-10-11-15-19(18)26(4)5/h7-9,12-13,18-20H,10-11,14-16H2,1-6H3,(H2,24,25,29)/t18-,19-,20?/m1/s1. The van der Waals surface area contributed by atoms with Gasteiger partial charge in [0, 0.05) is 25.7 Å². The van der Waals surface area contributed by atoms with Gasteiger partial charge in [-0.05, 0) is 50.1 Å². The van der Waals surface area contributed by atoms with Crippen LogP contribution in [0.2, 0.25) is 0 Å². The van der Waals surface area contributed by atoms with Gasteiger partial charge < -0.3 is 20.4 Å². The molecule has 0 spiro atoms. The Morgan fingerprint density at radius 1 is 1.14 bits per heavy atom. The van der Waals surface area contributed by atoms with Gasteiger partial charge in [-0.1, -0.05) is 63.9 Å². The molecule has 1 fully saturated rings. The third kappa shape index (κ3) is 6.96. The van der Waals surface area contributed by atoms with Gasteiger partial charge in [-0.2, -0.15) is 0 Å². The average molecular weight is 419 g/mol. The first-order chi connectivity index (χ1) is 13.6. The Bertz CT molecular complexity index is 671. The molecule has 1 aliphatic rings. The summed E-state index contributed by atoms with van der Waals surface area (Å²) in [5, 5.41) is 7.42.